The summed E-state index contributed by atoms with van der Waals surface area (Å²) in [6.07, 6.45) is 0. The molecule has 0 atom stereocenters. The molecule has 0 unspecified atom stereocenters. The van der Waals surface area contributed by atoms with E-state index in [1.54, 1.807) is 12.1 Å². The van der Waals surface area contributed by atoms with Crippen molar-refractivity contribution >= 4 is 29.0 Å². The Morgan fingerprint density at radius 2 is 2.00 bits per heavy atom. The second-order valence-corrected chi connectivity index (χ2v) is 5.85. The van der Waals surface area contributed by atoms with Crippen LogP contribution in [0.25, 0.3) is 0 Å². The number of hydrogen-bond acceptors (Lipinski definition) is 4. The predicted octanol–water partition coefficient (Wildman–Crippen LogP) is 3.57. The zero-order valence-corrected chi connectivity index (χ0v) is 13.6. The summed E-state index contributed by atoms with van der Waals surface area (Å²) in [5, 5.41) is 14.6. The molecule has 0 aliphatic carbocycles. The molecule has 0 bridgehead atoms. The monoisotopic (exact) mass is 318 g/mol. The number of nitrogens with one attached hydrogen (secondary N) is 2. The van der Waals surface area contributed by atoms with Crippen molar-refractivity contribution in [3.05, 3.63) is 46.6 Å². The van der Waals surface area contributed by atoms with E-state index in [9.17, 15) is 4.79 Å². The van der Waals surface area contributed by atoms with E-state index in [0.717, 1.165) is 11.3 Å². The van der Waals surface area contributed by atoms with E-state index in [4.69, 9.17) is 11.6 Å². The second-order valence-electron chi connectivity index (χ2n) is 5.45. The lowest BCUT2D eigenvalue weighted by molar-refractivity contribution is 0.0943. The average Bonchev–Trinajstić information content (AvgIpc) is 2.50. The number of anilines is 2. The second kappa shape index (κ2) is 7.22. The van der Waals surface area contributed by atoms with Crippen molar-refractivity contribution in [2.75, 3.05) is 11.9 Å². The van der Waals surface area contributed by atoms with Crippen LogP contribution in [0.3, 0.4) is 0 Å². The summed E-state index contributed by atoms with van der Waals surface area (Å²) < 4.78 is 0. The van der Waals surface area contributed by atoms with Gasteiger partial charge in [-0.3, -0.25) is 4.79 Å². The number of hydrogen-bond donors (Lipinski definition) is 2. The van der Waals surface area contributed by atoms with Gasteiger partial charge in [0.2, 0.25) is 0 Å². The molecule has 0 radical (unpaired) electrons. The average molecular weight is 319 g/mol. The first-order valence-electron chi connectivity index (χ1n) is 7.11. The van der Waals surface area contributed by atoms with Crippen LogP contribution in [-0.4, -0.2) is 22.6 Å². The van der Waals surface area contributed by atoms with Crippen molar-refractivity contribution in [3.63, 3.8) is 0 Å². The Labute approximate surface area is 135 Å². The molecule has 1 aromatic heterocycles. The van der Waals surface area contributed by atoms with Crippen LogP contribution in [0.1, 0.15) is 29.9 Å². The molecule has 6 heteroatoms. The van der Waals surface area contributed by atoms with E-state index in [1.807, 2.05) is 39.0 Å². The number of amides is 1. The van der Waals surface area contributed by atoms with Crippen molar-refractivity contribution in [2.45, 2.75) is 20.8 Å². The first kappa shape index (κ1) is 16.2. The van der Waals surface area contributed by atoms with Gasteiger partial charge in [0.15, 0.2) is 11.5 Å². The molecule has 2 N–H and O–H groups in total. The first-order chi connectivity index (χ1) is 10.5. The molecular formula is C16H19ClN4O. The molecule has 2 rings (SSSR count). The molecule has 0 saturated heterocycles. The van der Waals surface area contributed by atoms with Crippen LogP contribution in [0, 0.1) is 12.8 Å². The Morgan fingerprint density at radius 3 is 2.64 bits per heavy atom. The number of nitrogens with zero attached hydrogens (tertiary/aromatic N) is 2. The third-order valence-corrected chi connectivity index (χ3v) is 3.51. The predicted molar refractivity (Wildman–Crippen MR) is 88.7 cm³/mol. The van der Waals surface area contributed by atoms with Crippen molar-refractivity contribution in [1.82, 2.24) is 15.5 Å². The maximum absolute atomic E-state index is 11.9. The van der Waals surface area contributed by atoms with E-state index >= 15 is 0 Å². The number of carbonyl (C=O) groups excluding carboxylic acids is 1. The maximum atomic E-state index is 11.9. The SMILES string of the molecule is Cc1c(Cl)cccc1Nc1ccc(C(=O)NCC(C)C)nn1. The quantitative estimate of drug-likeness (QED) is 0.884. The van der Waals surface area contributed by atoms with Gasteiger partial charge in [-0.05, 0) is 42.7 Å². The normalized spacial score (nSPS) is 10.6. The van der Waals surface area contributed by atoms with Gasteiger partial charge in [-0.25, -0.2) is 0 Å². The van der Waals surface area contributed by atoms with Crippen LogP contribution < -0.4 is 10.6 Å². The highest BCUT2D eigenvalue weighted by Crippen LogP contribution is 2.25. The van der Waals surface area contributed by atoms with Gasteiger partial charge in [-0.1, -0.05) is 31.5 Å². The van der Waals surface area contributed by atoms with Crippen molar-refractivity contribution < 1.29 is 4.79 Å². The molecule has 0 saturated carbocycles. The lowest BCUT2D eigenvalue weighted by atomic mass is 10.2. The summed E-state index contributed by atoms with van der Waals surface area (Å²) in [6, 6.07) is 8.96. The standard InChI is InChI=1S/C16H19ClN4O/c1-10(2)9-18-16(22)14-7-8-15(21-20-14)19-13-6-4-5-12(17)11(13)3/h4-8,10H,9H2,1-3H3,(H,18,22)(H,19,21). The molecule has 0 aliphatic rings. The minimum atomic E-state index is -0.216. The van der Waals surface area contributed by atoms with Crippen molar-refractivity contribution in [1.29, 1.82) is 0 Å². The number of halogens is 1. The van der Waals surface area contributed by atoms with E-state index in [2.05, 4.69) is 20.8 Å². The third-order valence-electron chi connectivity index (χ3n) is 3.10. The number of rotatable bonds is 5. The molecule has 1 aromatic carbocycles. The van der Waals surface area contributed by atoms with Gasteiger partial charge in [-0.2, -0.15) is 0 Å². The molecule has 0 aliphatic heterocycles. The van der Waals surface area contributed by atoms with E-state index < -0.39 is 0 Å². The number of aromatic nitrogens is 2. The first-order valence-corrected chi connectivity index (χ1v) is 7.49. The minimum Gasteiger partial charge on any atom is -0.350 e. The summed E-state index contributed by atoms with van der Waals surface area (Å²) in [6.45, 7) is 6.60. The van der Waals surface area contributed by atoms with Gasteiger partial charge in [0, 0.05) is 17.3 Å². The Kier molecular flexibility index (Phi) is 5.33. The fraction of sp³-hybridized carbons (Fsp3) is 0.312. The van der Waals surface area contributed by atoms with Crippen LogP contribution in [0.2, 0.25) is 5.02 Å². The maximum Gasteiger partial charge on any atom is 0.271 e. The molecule has 0 spiro atoms. The van der Waals surface area contributed by atoms with Gasteiger partial charge < -0.3 is 10.6 Å². The Hall–Kier alpha value is -2.14. The molecule has 2 aromatic rings. The van der Waals surface area contributed by atoms with Crippen LogP contribution in [0.4, 0.5) is 11.5 Å². The number of benzene rings is 1. The summed E-state index contributed by atoms with van der Waals surface area (Å²) in [4.78, 5) is 11.9. The van der Waals surface area contributed by atoms with Gasteiger partial charge in [0.05, 0.1) is 0 Å². The highest BCUT2D eigenvalue weighted by atomic mass is 35.5. The van der Waals surface area contributed by atoms with Crippen molar-refractivity contribution in [3.8, 4) is 0 Å². The molecule has 1 amide bonds. The molecular weight excluding hydrogens is 300 g/mol. The molecule has 0 fully saturated rings. The van der Waals surface area contributed by atoms with Crippen LogP contribution >= 0.6 is 11.6 Å². The summed E-state index contributed by atoms with van der Waals surface area (Å²) in [7, 11) is 0. The fourth-order valence-electron chi connectivity index (χ4n) is 1.79. The Balaban J connectivity index is 2.06. The third kappa shape index (κ3) is 4.18. The van der Waals surface area contributed by atoms with Gasteiger partial charge in [0.25, 0.3) is 5.91 Å². The zero-order valence-electron chi connectivity index (χ0n) is 12.9. The number of carbonyl (C=O) groups is 1. The van der Waals surface area contributed by atoms with E-state index in [1.165, 1.54) is 0 Å². The zero-order chi connectivity index (χ0) is 16.1. The Bertz CT molecular complexity index is 656. The van der Waals surface area contributed by atoms with Crippen LogP contribution in [0.15, 0.2) is 30.3 Å². The summed E-state index contributed by atoms with van der Waals surface area (Å²) >= 11 is 6.08. The molecule has 5 nitrogen and oxygen atoms in total. The molecule has 22 heavy (non-hydrogen) atoms. The molecule has 116 valence electrons. The van der Waals surface area contributed by atoms with Crippen LogP contribution in [0.5, 0.6) is 0 Å². The van der Waals surface area contributed by atoms with E-state index in [-0.39, 0.29) is 5.91 Å². The lowest BCUT2D eigenvalue weighted by Gasteiger charge is -2.10. The lowest BCUT2D eigenvalue weighted by Crippen LogP contribution is -2.28. The molecule has 1 heterocycles. The summed E-state index contributed by atoms with van der Waals surface area (Å²) in [5.41, 5.74) is 2.09. The fourth-order valence-corrected chi connectivity index (χ4v) is 1.96. The topological polar surface area (TPSA) is 66.9 Å². The van der Waals surface area contributed by atoms with E-state index in [0.29, 0.717) is 29.0 Å². The van der Waals surface area contributed by atoms with Gasteiger partial charge in [-0.15, -0.1) is 10.2 Å². The van der Waals surface area contributed by atoms with Crippen molar-refractivity contribution in [2.24, 2.45) is 5.92 Å². The Morgan fingerprint density at radius 1 is 1.23 bits per heavy atom. The largest absolute Gasteiger partial charge is 0.350 e. The van der Waals surface area contributed by atoms with Crippen LogP contribution in [-0.2, 0) is 0 Å². The minimum absolute atomic E-state index is 0.216. The van der Waals surface area contributed by atoms with Gasteiger partial charge >= 0.3 is 0 Å². The van der Waals surface area contributed by atoms with Gasteiger partial charge in [0.1, 0.15) is 0 Å². The smallest absolute Gasteiger partial charge is 0.271 e. The highest BCUT2D eigenvalue weighted by Gasteiger charge is 2.09. The summed E-state index contributed by atoms with van der Waals surface area (Å²) in [5.74, 6) is 0.737. The highest BCUT2D eigenvalue weighted by molar-refractivity contribution is 6.31.